The van der Waals surface area contributed by atoms with Gasteiger partial charge in [-0.2, -0.15) is 0 Å². The molecular weight excluding hydrogens is 244 g/mol. The van der Waals surface area contributed by atoms with Gasteiger partial charge in [-0.1, -0.05) is 19.1 Å². The topological polar surface area (TPSA) is 77.6 Å². The van der Waals surface area contributed by atoms with Crippen LogP contribution in [0.5, 0.6) is 0 Å². The lowest BCUT2D eigenvalue weighted by molar-refractivity contribution is 0.509. The predicted molar refractivity (Wildman–Crippen MR) is 71.8 cm³/mol. The summed E-state index contributed by atoms with van der Waals surface area (Å²) in [6.07, 6.45) is 6.75. The Hall–Kier alpha value is -2.18. The molecule has 0 fully saturated rings. The van der Waals surface area contributed by atoms with Crippen LogP contribution in [0.15, 0.2) is 29.6 Å². The normalized spacial score (nSPS) is 10.9. The Morgan fingerprint density at radius 3 is 2.84 bits per heavy atom. The predicted octanol–water partition coefficient (Wildman–Crippen LogP) is 0.603. The zero-order valence-corrected chi connectivity index (χ0v) is 11.2. The van der Waals surface area contributed by atoms with Gasteiger partial charge in [-0.15, -0.1) is 5.10 Å². The van der Waals surface area contributed by atoms with Crippen LogP contribution in [-0.4, -0.2) is 31.1 Å². The fourth-order valence-electron chi connectivity index (χ4n) is 1.75. The number of rotatable bonds is 6. The lowest BCUT2D eigenvalue weighted by Gasteiger charge is -2.10. The summed E-state index contributed by atoms with van der Waals surface area (Å²) in [6, 6.07) is 0. The van der Waals surface area contributed by atoms with Crippen molar-refractivity contribution in [2.75, 3.05) is 11.9 Å². The molecule has 2 aromatic heterocycles. The minimum atomic E-state index is -0.0882. The molecule has 0 spiro atoms. The van der Waals surface area contributed by atoms with Gasteiger partial charge in [0.05, 0.1) is 12.7 Å². The monoisotopic (exact) mass is 262 g/mol. The van der Waals surface area contributed by atoms with Crippen molar-refractivity contribution in [2.45, 2.75) is 26.9 Å². The fraction of sp³-hybridized carbons (Fsp3) is 0.500. The van der Waals surface area contributed by atoms with Crippen LogP contribution in [0.3, 0.4) is 0 Å². The summed E-state index contributed by atoms with van der Waals surface area (Å²) in [7, 11) is 0. The Morgan fingerprint density at radius 1 is 1.32 bits per heavy atom. The smallest absolute Gasteiger partial charge is 0.293 e. The summed E-state index contributed by atoms with van der Waals surface area (Å²) in [5.74, 6) is 0.798. The number of aromatic nitrogens is 5. The molecule has 0 aliphatic carbocycles. The molecule has 7 heteroatoms. The standard InChI is InChI=1S/C12H18N6O/c1-10(2)9-17-6-3-13-11(12(17)19)14-4-7-18-8-5-15-16-18/h3,5-6,8,10H,4,7,9H2,1-2H3,(H,13,14). The van der Waals surface area contributed by atoms with Gasteiger partial charge in [0.2, 0.25) is 0 Å². The van der Waals surface area contributed by atoms with Gasteiger partial charge in [0.1, 0.15) is 0 Å². The fourth-order valence-corrected chi connectivity index (χ4v) is 1.75. The zero-order valence-electron chi connectivity index (χ0n) is 11.2. The molecule has 0 atom stereocenters. The molecule has 0 aliphatic rings. The van der Waals surface area contributed by atoms with Crippen molar-refractivity contribution >= 4 is 5.82 Å². The highest BCUT2D eigenvalue weighted by Crippen LogP contribution is 1.98. The summed E-state index contributed by atoms with van der Waals surface area (Å²) in [4.78, 5) is 16.2. The van der Waals surface area contributed by atoms with Crippen molar-refractivity contribution < 1.29 is 0 Å². The molecule has 0 radical (unpaired) electrons. The number of hydrogen-bond acceptors (Lipinski definition) is 5. The van der Waals surface area contributed by atoms with E-state index in [1.165, 1.54) is 0 Å². The van der Waals surface area contributed by atoms with Crippen LogP contribution in [0.4, 0.5) is 5.82 Å². The molecule has 2 heterocycles. The van der Waals surface area contributed by atoms with E-state index in [1.807, 2.05) is 0 Å². The van der Waals surface area contributed by atoms with Crippen LogP contribution in [0.2, 0.25) is 0 Å². The first-order valence-corrected chi connectivity index (χ1v) is 6.30. The maximum absolute atomic E-state index is 12.1. The quantitative estimate of drug-likeness (QED) is 0.825. The summed E-state index contributed by atoms with van der Waals surface area (Å²) < 4.78 is 3.37. The van der Waals surface area contributed by atoms with E-state index in [0.29, 0.717) is 31.4 Å². The van der Waals surface area contributed by atoms with Gasteiger partial charge in [-0.3, -0.25) is 9.48 Å². The lowest BCUT2D eigenvalue weighted by Crippen LogP contribution is -2.27. The Morgan fingerprint density at radius 2 is 2.16 bits per heavy atom. The Labute approximate surface area is 111 Å². The van der Waals surface area contributed by atoms with Crippen molar-refractivity contribution in [2.24, 2.45) is 5.92 Å². The molecule has 0 aromatic carbocycles. The van der Waals surface area contributed by atoms with Crippen LogP contribution >= 0.6 is 0 Å². The van der Waals surface area contributed by atoms with Gasteiger partial charge in [0.25, 0.3) is 5.56 Å². The molecule has 0 aliphatic heterocycles. The SMILES string of the molecule is CC(C)Cn1ccnc(NCCn2ccnn2)c1=O. The molecule has 0 bridgehead atoms. The highest BCUT2D eigenvalue weighted by atomic mass is 16.1. The van der Waals surface area contributed by atoms with E-state index in [4.69, 9.17) is 0 Å². The minimum Gasteiger partial charge on any atom is -0.364 e. The molecule has 19 heavy (non-hydrogen) atoms. The molecule has 2 rings (SSSR count). The first-order chi connectivity index (χ1) is 9.16. The molecule has 2 aromatic rings. The van der Waals surface area contributed by atoms with Crippen molar-refractivity contribution in [3.8, 4) is 0 Å². The van der Waals surface area contributed by atoms with Crippen molar-refractivity contribution in [3.05, 3.63) is 35.1 Å². The molecular formula is C12H18N6O. The van der Waals surface area contributed by atoms with Gasteiger partial charge in [0.15, 0.2) is 5.82 Å². The lowest BCUT2D eigenvalue weighted by atomic mass is 10.2. The van der Waals surface area contributed by atoms with E-state index in [1.54, 1.807) is 34.0 Å². The Kier molecular flexibility index (Phi) is 4.27. The Bertz CT molecular complexity index is 560. The average molecular weight is 262 g/mol. The van der Waals surface area contributed by atoms with Crippen LogP contribution in [0, 0.1) is 5.92 Å². The summed E-state index contributed by atoms with van der Waals surface area (Å²) in [6.45, 7) is 6.06. The molecule has 0 unspecified atom stereocenters. The molecule has 0 amide bonds. The summed E-state index contributed by atoms with van der Waals surface area (Å²) >= 11 is 0. The highest BCUT2D eigenvalue weighted by Gasteiger charge is 2.05. The third kappa shape index (κ3) is 3.64. The van der Waals surface area contributed by atoms with E-state index in [9.17, 15) is 4.79 Å². The van der Waals surface area contributed by atoms with E-state index >= 15 is 0 Å². The van der Waals surface area contributed by atoms with Gasteiger partial charge >= 0.3 is 0 Å². The number of hydrogen-bond donors (Lipinski definition) is 1. The van der Waals surface area contributed by atoms with Crippen molar-refractivity contribution in [1.82, 2.24) is 24.5 Å². The molecule has 0 saturated heterocycles. The third-order valence-electron chi connectivity index (χ3n) is 2.58. The Balaban J connectivity index is 1.98. The average Bonchev–Trinajstić information content (AvgIpc) is 2.86. The second kappa shape index (κ2) is 6.12. The van der Waals surface area contributed by atoms with Crippen molar-refractivity contribution in [3.63, 3.8) is 0 Å². The molecule has 7 nitrogen and oxygen atoms in total. The number of nitrogens with zero attached hydrogens (tertiary/aromatic N) is 5. The van der Waals surface area contributed by atoms with E-state index in [2.05, 4.69) is 34.5 Å². The molecule has 1 N–H and O–H groups in total. The summed E-state index contributed by atoms with van der Waals surface area (Å²) in [5.41, 5.74) is -0.0882. The van der Waals surface area contributed by atoms with E-state index < -0.39 is 0 Å². The van der Waals surface area contributed by atoms with E-state index in [-0.39, 0.29) is 5.56 Å². The van der Waals surface area contributed by atoms with Crippen molar-refractivity contribution in [1.29, 1.82) is 0 Å². The minimum absolute atomic E-state index is 0.0882. The largest absolute Gasteiger partial charge is 0.364 e. The highest BCUT2D eigenvalue weighted by molar-refractivity contribution is 5.30. The first kappa shape index (κ1) is 13.3. The number of nitrogens with one attached hydrogen (secondary N) is 1. The molecule has 102 valence electrons. The van der Waals surface area contributed by atoms with Crippen LogP contribution in [0.25, 0.3) is 0 Å². The zero-order chi connectivity index (χ0) is 13.7. The second-order valence-corrected chi connectivity index (χ2v) is 4.72. The number of anilines is 1. The second-order valence-electron chi connectivity index (χ2n) is 4.72. The van der Waals surface area contributed by atoms with Crippen LogP contribution in [0.1, 0.15) is 13.8 Å². The first-order valence-electron chi connectivity index (χ1n) is 6.30. The maximum atomic E-state index is 12.1. The van der Waals surface area contributed by atoms with Crippen LogP contribution in [-0.2, 0) is 13.1 Å². The molecule has 0 saturated carbocycles. The van der Waals surface area contributed by atoms with Gasteiger partial charge in [-0.05, 0) is 5.92 Å². The van der Waals surface area contributed by atoms with Gasteiger partial charge in [-0.25, -0.2) is 4.98 Å². The van der Waals surface area contributed by atoms with Gasteiger partial charge < -0.3 is 9.88 Å². The third-order valence-corrected chi connectivity index (χ3v) is 2.58. The van der Waals surface area contributed by atoms with Gasteiger partial charge in [0, 0.05) is 31.7 Å². The summed E-state index contributed by atoms with van der Waals surface area (Å²) in [5, 5.41) is 10.6. The van der Waals surface area contributed by atoms with Crippen LogP contribution < -0.4 is 10.9 Å². The van der Waals surface area contributed by atoms with E-state index in [0.717, 1.165) is 0 Å². The maximum Gasteiger partial charge on any atom is 0.293 e.